The van der Waals surface area contributed by atoms with E-state index in [4.69, 9.17) is 14.2 Å². The van der Waals surface area contributed by atoms with Crippen LogP contribution in [0.1, 0.15) is 38.8 Å². The molecule has 1 aliphatic heterocycles. The van der Waals surface area contributed by atoms with Crippen molar-refractivity contribution in [2.24, 2.45) is 0 Å². The van der Waals surface area contributed by atoms with Crippen molar-refractivity contribution in [3.63, 3.8) is 0 Å². The van der Waals surface area contributed by atoms with Gasteiger partial charge in [0.05, 0.1) is 37.7 Å². The van der Waals surface area contributed by atoms with E-state index < -0.39 is 12.1 Å². The van der Waals surface area contributed by atoms with Gasteiger partial charge in [-0.1, -0.05) is 36.4 Å². The Labute approximate surface area is 161 Å². The van der Waals surface area contributed by atoms with Crippen molar-refractivity contribution in [2.45, 2.75) is 12.5 Å². The van der Waals surface area contributed by atoms with E-state index in [1.807, 2.05) is 30.3 Å². The number of Topliss-reactive ketones (excluding diaryl/α,β-unsaturated/α-hetero) is 1. The minimum atomic E-state index is -1.43. The molecule has 3 aromatic rings. The van der Waals surface area contributed by atoms with Crippen molar-refractivity contribution in [1.29, 1.82) is 0 Å². The van der Waals surface area contributed by atoms with E-state index in [1.54, 1.807) is 18.2 Å². The summed E-state index contributed by atoms with van der Waals surface area (Å²) in [7, 11) is 2.77. The minimum absolute atomic E-state index is 0.0150. The fourth-order valence-corrected chi connectivity index (χ4v) is 3.65. The molecular formula is C22H17O6-. The number of hydrogen-bond donors (Lipinski definition) is 0. The number of ketones is 1. The maximum atomic E-state index is 12.8. The van der Waals surface area contributed by atoms with Crippen LogP contribution in [0.15, 0.2) is 48.5 Å². The average molecular weight is 377 g/mol. The third-order valence-corrected chi connectivity index (χ3v) is 4.94. The second-order valence-electron chi connectivity index (χ2n) is 6.45. The topological polar surface area (TPSA) is 84.9 Å². The summed E-state index contributed by atoms with van der Waals surface area (Å²) in [5, 5.41) is 13.6. The molecule has 0 aromatic heterocycles. The Balaban J connectivity index is 1.88. The Bertz CT molecular complexity index is 1100. The van der Waals surface area contributed by atoms with Crippen molar-refractivity contribution in [2.75, 3.05) is 14.2 Å². The Morgan fingerprint density at radius 2 is 1.86 bits per heavy atom. The highest BCUT2D eigenvalue weighted by Crippen LogP contribution is 2.43. The molecule has 0 spiro atoms. The summed E-state index contributed by atoms with van der Waals surface area (Å²) in [4.78, 5) is 24.6. The molecule has 142 valence electrons. The van der Waals surface area contributed by atoms with E-state index in [1.165, 1.54) is 14.2 Å². The van der Waals surface area contributed by atoms with Crippen LogP contribution in [-0.2, 0) is 0 Å². The monoisotopic (exact) mass is 377 g/mol. The van der Waals surface area contributed by atoms with Gasteiger partial charge in [-0.05, 0) is 17.5 Å². The maximum Gasteiger partial charge on any atom is 0.170 e. The van der Waals surface area contributed by atoms with Crippen LogP contribution in [0.25, 0.3) is 10.8 Å². The van der Waals surface area contributed by atoms with Crippen LogP contribution in [0.4, 0.5) is 0 Å². The molecule has 0 fully saturated rings. The van der Waals surface area contributed by atoms with Crippen molar-refractivity contribution in [3.05, 3.63) is 65.2 Å². The van der Waals surface area contributed by atoms with E-state index >= 15 is 0 Å². The summed E-state index contributed by atoms with van der Waals surface area (Å²) in [6.07, 6.45) is -0.764. The lowest BCUT2D eigenvalue weighted by molar-refractivity contribution is -0.255. The van der Waals surface area contributed by atoms with Crippen LogP contribution in [-0.4, -0.2) is 26.0 Å². The van der Waals surface area contributed by atoms with Crippen LogP contribution in [0, 0.1) is 0 Å². The van der Waals surface area contributed by atoms with Gasteiger partial charge in [-0.2, -0.15) is 0 Å². The Hall–Kier alpha value is -3.54. The highest BCUT2D eigenvalue weighted by molar-refractivity contribution is 6.06. The number of carbonyl (C=O) groups excluding carboxylic acids is 2. The largest absolute Gasteiger partial charge is 0.545 e. The van der Waals surface area contributed by atoms with Crippen molar-refractivity contribution >= 4 is 22.5 Å². The first-order valence-corrected chi connectivity index (χ1v) is 8.73. The average Bonchev–Trinajstić information content (AvgIpc) is 2.72. The van der Waals surface area contributed by atoms with Gasteiger partial charge in [-0.25, -0.2) is 0 Å². The summed E-state index contributed by atoms with van der Waals surface area (Å²) in [6.45, 7) is 0. The zero-order chi connectivity index (χ0) is 19.8. The van der Waals surface area contributed by atoms with E-state index in [-0.39, 0.29) is 29.3 Å². The minimum Gasteiger partial charge on any atom is -0.545 e. The first-order valence-electron chi connectivity index (χ1n) is 8.73. The number of fused-ring (bicyclic) bond motifs is 3. The van der Waals surface area contributed by atoms with Crippen LogP contribution in [0.2, 0.25) is 0 Å². The summed E-state index contributed by atoms with van der Waals surface area (Å²) >= 11 is 0. The molecule has 0 saturated heterocycles. The van der Waals surface area contributed by atoms with Gasteiger partial charge >= 0.3 is 0 Å². The third kappa shape index (κ3) is 2.74. The van der Waals surface area contributed by atoms with Gasteiger partial charge in [-0.3, -0.25) is 4.79 Å². The quantitative estimate of drug-likeness (QED) is 0.695. The highest BCUT2D eigenvalue weighted by Gasteiger charge is 2.32. The Morgan fingerprint density at radius 3 is 2.57 bits per heavy atom. The fraction of sp³-hybridized carbons (Fsp3) is 0.182. The fourth-order valence-electron chi connectivity index (χ4n) is 3.65. The summed E-state index contributed by atoms with van der Waals surface area (Å²) < 4.78 is 16.6. The molecule has 1 aliphatic rings. The predicted molar refractivity (Wildman–Crippen MR) is 100 cm³/mol. The molecular weight excluding hydrogens is 360 g/mol. The summed E-state index contributed by atoms with van der Waals surface area (Å²) in [6, 6.07) is 14.3. The number of carboxylic acids is 1. The lowest BCUT2D eigenvalue weighted by Gasteiger charge is -2.29. The zero-order valence-electron chi connectivity index (χ0n) is 15.4. The number of ether oxygens (including phenoxy) is 3. The predicted octanol–water partition coefficient (Wildman–Crippen LogP) is 2.93. The van der Waals surface area contributed by atoms with Crippen LogP contribution in [0.5, 0.6) is 17.2 Å². The molecule has 0 unspecified atom stereocenters. The van der Waals surface area contributed by atoms with Gasteiger partial charge in [0.25, 0.3) is 0 Å². The molecule has 1 heterocycles. The molecule has 0 radical (unpaired) electrons. The number of rotatable bonds is 4. The van der Waals surface area contributed by atoms with Crippen molar-refractivity contribution in [1.82, 2.24) is 0 Å². The van der Waals surface area contributed by atoms with Gasteiger partial charge < -0.3 is 24.1 Å². The Morgan fingerprint density at radius 1 is 1.07 bits per heavy atom. The van der Waals surface area contributed by atoms with Crippen molar-refractivity contribution in [3.8, 4) is 17.2 Å². The number of benzene rings is 3. The Kier molecular flexibility index (Phi) is 4.39. The molecule has 0 N–H and O–H groups in total. The molecule has 1 atom stereocenters. The first-order chi connectivity index (χ1) is 13.5. The summed E-state index contributed by atoms with van der Waals surface area (Å²) in [5.41, 5.74) is 0.623. The van der Waals surface area contributed by atoms with E-state index in [9.17, 15) is 14.7 Å². The standard InChI is InChI=1S/C22H18O6/c1-26-17-10-9-15(19(22(24)25)21(17)27-2)18-11-16(23)14-8-7-12-5-3-4-6-13(12)20(14)28-18/h3-10,18H,11H2,1-2H3,(H,24,25)/p-1/t18-/m0/s1. The van der Waals surface area contributed by atoms with Crippen LogP contribution >= 0.6 is 0 Å². The number of methoxy groups -OCH3 is 2. The second-order valence-corrected chi connectivity index (χ2v) is 6.45. The highest BCUT2D eigenvalue weighted by atomic mass is 16.5. The molecule has 4 rings (SSSR count). The van der Waals surface area contributed by atoms with E-state index in [0.29, 0.717) is 16.9 Å². The number of carboxylic acid groups (broad SMARTS) is 1. The third-order valence-electron chi connectivity index (χ3n) is 4.94. The van der Waals surface area contributed by atoms with Gasteiger partial charge in [0.1, 0.15) is 11.9 Å². The normalized spacial score (nSPS) is 15.6. The van der Waals surface area contributed by atoms with E-state index in [2.05, 4.69) is 0 Å². The van der Waals surface area contributed by atoms with Crippen LogP contribution in [0.3, 0.4) is 0 Å². The number of hydrogen-bond acceptors (Lipinski definition) is 6. The molecule has 0 amide bonds. The molecule has 0 bridgehead atoms. The molecule has 0 aliphatic carbocycles. The SMILES string of the molecule is COc1ccc([C@@H]2CC(=O)c3ccc4ccccc4c3O2)c(C(=O)[O-])c1OC. The van der Waals surface area contributed by atoms with E-state index in [0.717, 1.165) is 10.8 Å². The van der Waals surface area contributed by atoms with Gasteiger partial charge in [0, 0.05) is 10.9 Å². The number of aromatic carboxylic acids is 1. The molecule has 0 saturated carbocycles. The second kappa shape index (κ2) is 6.88. The molecule has 6 heteroatoms. The lowest BCUT2D eigenvalue weighted by atomic mass is 9.91. The zero-order valence-corrected chi connectivity index (χ0v) is 15.4. The number of carbonyl (C=O) groups is 2. The smallest absolute Gasteiger partial charge is 0.170 e. The van der Waals surface area contributed by atoms with Gasteiger partial charge in [-0.15, -0.1) is 0 Å². The van der Waals surface area contributed by atoms with Crippen molar-refractivity contribution < 1.29 is 28.9 Å². The maximum absolute atomic E-state index is 12.8. The first kappa shape index (κ1) is 17.9. The molecule has 3 aromatic carbocycles. The summed E-state index contributed by atoms with van der Waals surface area (Å²) in [5.74, 6) is -0.779. The van der Waals surface area contributed by atoms with Crippen LogP contribution < -0.4 is 19.3 Å². The van der Waals surface area contributed by atoms with Gasteiger partial charge in [0.2, 0.25) is 0 Å². The van der Waals surface area contributed by atoms with Gasteiger partial charge in [0.15, 0.2) is 17.3 Å². The lowest BCUT2D eigenvalue weighted by Crippen LogP contribution is -2.28. The molecule has 28 heavy (non-hydrogen) atoms. The molecule has 6 nitrogen and oxygen atoms in total.